The van der Waals surface area contributed by atoms with Crippen molar-refractivity contribution in [1.82, 2.24) is 0 Å². The minimum absolute atomic E-state index is 0.161. The predicted octanol–water partition coefficient (Wildman–Crippen LogP) is 1.85. The smallest absolute Gasteiger partial charge is 0.341 e. The fourth-order valence-electron chi connectivity index (χ4n) is 1.24. The van der Waals surface area contributed by atoms with Crippen molar-refractivity contribution in [2.75, 3.05) is 24.5 Å². The molecule has 1 aromatic carbocycles. The van der Waals surface area contributed by atoms with Crippen LogP contribution in [0.2, 0.25) is 0 Å². The molecular weight excluding hydrogens is 215 g/mol. The molecule has 0 aliphatic rings. The lowest BCUT2D eigenvalue weighted by atomic mass is 10.1. The Morgan fingerprint density at radius 3 is 2.69 bits per heavy atom. The number of halogens is 1. The van der Waals surface area contributed by atoms with E-state index >= 15 is 0 Å². The molecule has 88 valence electrons. The lowest BCUT2D eigenvalue weighted by Crippen LogP contribution is -2.09. The first-order valence-corrected chi connectivity index (χ1v) is 4.72. The number of carbonyl (C=O) groups is 1. The Kier molecular flexibility index (Phi) is 4.07. The number of hydrogen-bond acceptors (Lipinski definition) is 5. The lowest BCUT2D eigenvalue weighted by molar-refractivity contribution is 0.0521. The van der Waals surface area contributed by atoms with Gasteiger partial charge in [-0.05, 0) is 13.0 Å². The van der Waals surface area contributed by atoms with E-state index < -0.39 is 11.8 Å². The summed E-state index contributed by atoms with van der Waals surface area (Å²) in [4.78, 5) is 11.3. The zero-order chi connectivity index (χ0) is 12.1. The number of ether oxygens (including phenoxy) is 1. The molecule has 0 aromatic heterocycles. The molecule has 0 heterocycles. The topological polar surface area (TPSA) is 70.6 Å². The van der Waals surface area contributed by atoms with E-state index in [4.69, 9.17) is 5.21 Å². The minimum Gasteiger partial charge on any atom is -0.462 e. The van der Waals surface area contributed by atoms with Crippen molar-refractivity contribution in [3.05, 3.63) is 23.5 Å². The number of hydrogen-bond donors (Lipinski definition) is 3. The number of nitrogens with one attached hydrogen (secondary N) is 2. The first-order chi connectivity index (χ1) is 7.63. The van der Waals surface area contributed by atoms with Gasteiger partial charge in [-0.15, -0.1) is 0 Å². The van der Waals surface area contributed by atoms with Gasteiger partial charge >= 0.3 is 5.97 Å². The van der Waals surface area contributed by atoms with Crippen LogP contribution in [-0.2, 0) is 4.74 Å². The molecule has 0 atom stereocenters. The molecule has 0 radical (unpaired) electrons. The molecule has 0 bridgehead atoms. The number of carbonyl (C=O) groups excluding carboxylic acids is 1. The van der Waals surface area contributed by atoms with Crippen LogP contribution in [0.4, 0.5) is 15.8 Å². The van der Waals surface area contributed by atoms with Crippen LogP contribution in [0.15, 0.2) is 12.1 Å². The molecule has 0 aliphatic heterocycles. The summed E-state index contributed by atoms with van der Waals surface area (Å²) in [5.41, 5.74) is 2.19. The summed E-state index contributed by atoms with van der Waals surface area (Å²) >= 11 is 0. The van der Waals surface area contributed by atoms with Gasteiger partial charge in [0.25, 0.3) is 0 Å². The number of rotatable bonds is 4. The van der Waals surface area contributed by atoms with Crippen LogP contribution in [0.3, 0.4) is 0 Å². The molecule has 0 fully saturated rings. The standard InChI is InChI=1S/C10H13FN2O3/c1-3-16-10(14)6-4-9(13-15)8(12-2)5-7(6)11/h4-5,12-13,15H,3H2,1-2H3. The Balaban J connectivity index is 3.15. The van der Waals surface area contributed by atoms with E-state index in [9.17, 15) is 9.18 Å². The van der Waals surface area contributed by atoms with Gasteiger partial charge in [0, 0.05) is 13.1 Å². The molecule has 16 heavy (non-hydrogen) atoms. The summed E-state index contributed by atoms with van der Waals surface area (Å²) in [7, 11) is 1.57. The Labute approximate surface area is 92.2 Å². The molecule has 0 aliphatic carbocycles. The van der Waals surface area contributed by atoms with Gasteiger partial charge in [-0.2, -0.15) is 0 Å². The second-order valence-corrected chi connectivity index (χ2v) is 2.96. The Morgan fingerprint density at radius 2 is 2.19 bits per heavy atom. The molecule has 1 rings (SSSR count). The summed E-state index contributed by atoms with van der Waals surface area (Å²) in [6, 6.07) is 2.28. The summed E-state index contributed by atoms with van der Waals surface area (Å²) in [5, 5.41) is 11.5. The second kappa shape index (κ2) is 5.32. The largest absolute Gasteiger partial charge is 0.462 e. The Morgan fingerprint density at radius 1 is 1.50 bits per heavy atom. The van der Waals surface area contributed by atoms with Crippen molar-refractivity contribution in [3.8, 4) is 0 Å². The monoisotopic (exact) mass is 228 g/mol. The van der Waals surface area contributed by atoms with Crippen LogP contribution < -0.4 is 10.8 Å². The third kappa shape index (κ3) is 2.40. The summed E-state index contributed by atoms with van der Waals surface area (Å²) < 4.78 is 18.1. The number of benzene rings is 1. The van der Waals surface area contributed by atoms with E-state index in [1.54, 1.807) is 14.0 Å². The third-order valence-corrected chi connectivity index (χ3v) is 1.99. The third-order valence-electron chi connectivity index (χ3n) is 1.99. The van der Waals surface area contributed by atoms with Gasteiger partial charge in [0.05, 0.1) is 23.5 Å². The van der Waals surface area contributed by atoms with Gasteiger partial charge in [-0.3, -0.25) is 10.7 Å². The van der Waals surface area contributed by atoms with Crippen molar-refractivity contribution < 1.29 is 19.1 Å². The first-order valence-electron chi connectivity index (χ1n) is 4.72. The van der Waals surface area contributed by atoms with Crippen LogP contribution >= 0.6 is 0 Å². The predicted molar refractivity (Wildman–Crippen MR) is 57.3 cm³/mol. The number of esters is 1. The Hall–Kier alpha value is -1.82. The van der Waals surface area contributed by atoms with Crippen LogP contribution in [-0.4, -0.2) is 24.8 Å². The molecule has 3 N–H and O–H groups in total. The molecule has 0 saturated carbocycles. The SMILES string of the molecule is CCOC(=O)c1cc(NO)c(NC)cc1F. The van der Waals surface area contributed by atoms with Crippen LogP contribution in [0.1, 0.15) is 17.3 Å². The quantitative estimate of drug-likeness (QED) is 0.542. The second-order valence-electron chi connectivity index (χ2n) is 2.96. The zero-order valence-electron chi connectivity index (χ0n) is 9.00. The molecule has 1 aromatic rings. The van der Waals surface area contributed by atoms with Gasteiger partial charge in [0.15, 0.2) is 0 Å². The molecule has 0 unspecified atom stereocenters. The van der Waals surface area contributed by atoms with E-state index in [0.29, 0.717) is 5.69 Å². The fraction of sp³-hybridized carbons (Fsp3) is 0.300. The molecular formula is C10H13FN2O3. The van der Waals surface area contributed by atoms with Gasteiger partial charge in [-0.25, -0.2) is 9.18 Å². The highest BCUT2D eigenvalue weighted by molar-refractivity contribution is 5.92. The molecule has 0 spiro atoms. The lowest BCUT2D eigenvalue weighted by Gasteiger charge is -2.10. The molecule has 0 amide bonds. The van der Waals surface area contributed by atoms with E-state index in [1.807, 2.05) is 5.48 Å². The van der Waals surface area contributed by atoms with Crippen molar-refractivity contribution >= 4 is 17.3 Å². The maximum absolute atomic E-state index is 13.5. The summed E-state index contributed by atoms with van der Waals surface area (Å²) in [6.07, 6.45) is 0. The zero-order valence-corrected chi connectivity index (χ0v) is 9.00. The van der Waals surface area contributed by atoms with E-state index in [-0.39, 0.29) is 17.9 Å². The van der Waals surface area contributed by atoms with E-state index in [0.717, 1.165) is 6.07 Å². The van der Waals surface area contributed by atoms with Crippen molar-refractivity contribution in [1.29, 1.82) is 0 Å². The average Bonchev–Trinajstić information content (AvgIpc) is 2.28. The average molecular weight is 228 g/mol. The van der Waals surface area contributed by atoms with Gasteiger partial charge in [-0.1, -0.05) is 0 Å². The first kappa shape index (κ1) is 12.3. The summed E-state index contributed by atoms with van der Waals surface area (Å²) in [5.74, 6) is -1.47. The van der Waals surface area contributed by atoms with Gasteiger partial charge < -0.3 is 10.1 Å². The molecule has 0 saturated heterocycles. The van der Waals surface area contributed by atoms with Crippen LogP contribution in [0.25, 0.3) is 0 Å². The van der Waals surface area contributed by atoms with E-state index in [1.165, 1.54) is 6.07 Å². The van der Waals surface area contributed by atoms with Crippen LogP contribution in [0.5, 0.6) is 0 Å². The number of anilines is 2. The molecule has 5 nitrogen and oxygen atoms in total. The fourth-order valence-corrected chi connectivity index (χ4v) is 1.24. The van der Waals surface area contributed by atoms with Crippen molar-refractivity contribution in [3.63, 3.8) is 0 Å². The van der Waals surface area contributed by atoms with E-state index in [2.05, 4.69) is 10.1 Å². The van der Waals surface area contributed by atoms with Crippen LogP contribution in [0, 0.1) is 5.82 Å². The minimum atomic E-state index is -0.765. The highest BCUT2D eigenvalue weighted by Crippen LogP contribution is 2.25. The van der Waals surface area contributed by atoms with Crippen molar-refractivity contribution in [2.24, 2.45) is 0 Å². The normalized spacial score (nSPS) is 9.75. The highest BCUT2D eigenvalue weighted by Gasteiger charge is 2.16. The maximum Gasteiger partial charge on any atom is 0.341 e. The van der Waals surface area contributed by atoms with Gasteiger partial charge in [0.2, 0.25) is 0 Å². The highest BCUT2D eigenvalue weighted by atomic mass is 19.1. The molecule has 6 heteroatoms. The summed E-state index contributed by atoms with van der Waals surface area (Å²) in [6.45, 7) is 1.79. The Bertz CT molecular complexity index is 396. The maximum atomic E-state index is 13.5. The van der Waals surface area contributed by atoms with Gasteiger partial charge in [0.1, 0.15) is 5.82 Å². The van der Waals surface area contributed by atoms with Crippen molar-refractivity contribution in [2.45, 2.75) is 6.92 Å².